The van der Waals surface area contributed by atoms with Crippen molar-refractivity contribution >= 4 is 11.5 Å². The van der Waals surface area contributed by atoms with Gasteiger partial charge in [0.15, 0.2) is 0 Å². The molecule has 80 valence electrons. The molecule has 0 spiro atoms. The lowest BCUT2D eigenvalue weighted by molar-refractivity contribution is -0.384. The van der Waals surface area contributed by atoms with E-state index in [4.69, 9.17) is 1.37 Å². The summed E-state index contributed by atoms with van der Waals surface area (Å²) in [7, 11) is 0. The summed E-state index contributed by atoms with van der Waals surface area (Å²) in [5.41, 5.74) is -0.0545. The quantitative estimate of drug-likeness (QED) is 0.569. The van der Waals surface area contributed by atoms with Gasteiger partial charge < -0.3 is 0 Å². The van der Waals surface area contributed by atoms with Gasteiger partial charge in [-0.15, -0.1) is 0 Å². The first-order valence-electron chi connectivity index (χ1n) is 4.82. The fourth-order valence-electron chi connectivity index (χ4n) is 1.08. The van der Waals surface area contributed by atoms with E-state index in [2.05, 4.69) is 0 Å². The summed E-state index contributed by atoms with van der Waals surface area (Å²) in [6, 6.07) is 4.73. The molecule has 0 saturated heterocycles. The van der Waals surface area contributed by atoms with Crippen molar-refractivity contribution in [2.45, 2.75) is 19.5 Å². The maximum atomic E-state index is 13.5. The largest absolute Gasteiger partial charge is 0.300 e. The normalized spacial score (nSPS) is 15.2. The third-order valence-corrected chi connectivity index (χ3v) is 1.80. The molecule has 0 amide bonds. The summed E-state index contributed by atoms with van der Waals surface area (Å²) in [5.74, 6) is -0.578. The van der Waals surface area contributed by atoms with E-state index < -0.39 is 23.3 Å². The Hall–Kier alpha value is -1.78. The van der Waals surface area contributed by atoms with Crippen molar-refractivity contribution in [2.75, 3.05) is 0 Å². The van der Waals surface area contributed by atoms with Gasteiger partial charge in [-0.25, -0.2) is 4.39 Å². The number of rotatable bonds is 4. The van der Waals surface area contributed by atoms with Crippen molar-refractivity contribution < 1.29 is 15.5 Å². The van der Waals surface area contributed by atoms with Crippen LogP contribution in [0, 0.1) is 10.1 Å². The number of nitro benzene ring substituents is 1. The molecule has 1 rings (SSSR count). The van der Waals surface area contributed by atoms with Crippen LogP contribution in [0.2, 0.25) is 0 Å². The van der Waals surface area contributed by atoms with Crippen LogP contribution in [-0.2, 0) is 4.79 Å². The highest BCUT2D eigenvalue weighted by Gasteiger charge is 2.13. The lowest BCUT2D eigenvalue weighted by Gasteiger charge is -2.05. The Kier molecular flexibility index (Phi) is 3.02. The topological polar surface area (TPSA) is 60.2 Å². The summed E-state index contributed by atoms with van der Waals surface area (Å²) in [6.45, 7) is 1.13. The van der Waals surface area contributed by atoms with E-state index in [0.717, 1.165) is 19.1 Å². The molecule has 0 aliphatic carbocycles. The molecule has 0 saturated carbocycles. The number of hydrogen-bond acceptors (Lipinski definition) is 3. The van der Waals surface area contributed by atoms with Gasteiger partial charge in [0.2, 0.25) is 0 Å². The maximum absolute atomic E-state index is 13.5. The van der Waals surface area contributed by atoms with Crippen molar-refractivity contribution in [3.8, 4) is 0 Å². The number of ketones is 1. The van der Waals surface area contributed by atoms with Crippen molar-refractivity contribution in [3.63, 3.8) is 0 Å². The first-order valence-corrected chi connectivity index (χ1v) is 4.24. The highest BCUT2D eigenvalue weighted by molar-refractivity contribution is 5.76. The van der Waals surface area contributed by atoms with Crippen molar-refractivity contribution in [3.05, 3.63) is 39.9 Å². The van der Waals surface area contributed by atoms with Gasteiger partial charge in [-0.2, -0.15) is 0 Å². The van der Waals surface area contributed by atoms with E-state index in [1.807, 2.05) is 0 Å². The average molecular weight is 212 g/mol. The Balaban J connectivity index is 2.89. The summed E-state index contributed by atoms with van der Waals surface area (Å²) in [6.07, 6.45) is -3.24. The number of halogens is 1. The van der Waals surface area contributed by atoms with E-state index in [-0.39, 0.29) is 11.3 Å². The monoisotopic (exact) mass is 212 g/mol. The van der Waals surface area contributed by atoms with Gasteiger partial charge in [-0.1, -0.05) is 0 Å². The number of non-ortho nitro benzene ring substituents is 1. The average Bonchev–Trinajstić information content (AvgIpc) is 2.27. The van der Waals surface area contributed by atoms with Gasteiger partial charge in [0.05, 0.1) is 4.92 Å². The van der Waals surface area contributed by atoms with E-state index >= 15 is 0 Å². The van der Waals surface area contributed by atoms with Gasteiger partial charge >= 0.3 is 0 Å². The van der Waals surface area contributed by atoms with Crippen LogP contribution in [0.5, 0.6) is 0 Å². The lowest BCUT2D eigenvalue weighted by atomic mass is 10.1. The second-order valence-corrected chi connectivity index (χ2v) is 3.03. The number of benzene rings is 1. The van der Waals surface area contributed by atoms with Crippen LogP contribution in [0.15, 0.2) is 24.3 Å². The van der Waals surface area contributed by atoms with E-state index in [1.165, 1.54) is 12.1 Å². The predicted molar refractivity (Wildman–Crippen MR) is 52.2 cm³/mol. The second-order valence-electron chi connectivity index (χ2n) is 3.03. The third kappa shape index (κ3) is 3.12. The fraction of sp³-hybridized carbons (Fsp3) is 0.300. The molecule has 0 aliphatic heterocycles. The summed E-state index contributed by atoms with van der Waals surface area (Å²) < 4.78 is 20.8. The molecule has 1 aromatic carbocycles. The predicted octanol–water partition coefficient (Wildman–Crippen LogP) is 2.58. The standard InChI is InChI=1S/C10H10FNO3/c1-7(13)6-10(11)8-2-4-9(5-3-8)12(14)15/h2-5,10H,6H2,1H3/t10-/m0/s1/i6D/t6-,10-. The zero-order valence-corrected chi connectivity index (χ0v) is 8.01. The first-order chi connectivity index (χ1) is 7.43. The molecule has 1 aromatic rings. The van der Waals surface area contributed by atoms with Crippen molar-refractivity contribution in [2.24, 2.45) is 0 Å². The maximum Gasteiger partial charge on any atom is 0.269 e. The SMILES string of the molecule is [2H][C@@H](C(C)=O)[C@H](F)c1ccc([N+](=O)[O-])cc1. The van der Waals surface area contributed by atoms with Gasteiger partial charge in [0.25, 0.3) is 5.69 Å². The Morgan fingerprint density at radius 3 is 2.53 bits per heavy atom. The Bertz CT molecular complexity index is 407. The zero-order valence-electron chi connectivity index (χ0n) is 9.01. The number of carbonyl (C=O) groups excluding carboxylic acids is 1. The Labute approximate surface area is 87.3 Å². The number of hydrogen-bond donors (Lipinski definition) is 0. The molecular formula is C10H10FNO3. The second kappa shape index (κ2) is 4.63. The molecule has 15 heavy (non-hydrogen) atoms. The molecule has 2 atom stereocenters. The van der Waals surface area contributed by atoms with E-state index in [9.17, 15) is 19.3 Å². The molecule has 0 aliphatic rings. The van der Waals surface area contributed by atoms with Crippen LogP contribution in [0.4, 0.5) is 10.1 Å². The van der Waals surface area contributed by atoms with Crippen LogP contribution in [0.1, 0.15) is 26.4 Å². The summed E-state index contributed by atoms with van der Waals surface area (Å²) in [5, 5.41) is 10.3. The Morgan fingerprint density at radius 2 is 2.13 bits per heavy atom. The number of nitrogens with zero attached hydrogens (tertiary/aromatic N) is 1. The molecule has 0 bridgehead atoms. The van der Waals surface area contributed by atoms with Gasteiger partial charge in [-0.05, 0) is 24.6 Å². The highest BCUT2D eigenvalue weighted by Crippen LogP contribution is 2.23. The highest BCUT2D eigenvalue weighted by atomic mass is 19.1. The van der Waals surface area contributed by atoms with Gasteiger partial charge in [-0.3, -0.25) is 14.9 Å². The number of Topliss-reactive ketones (excluding diaryl/α,β-unsaturated/α-hetero) is 1. The van der Waals surface area contributed by atoms with E-state index in [1.54, 1.807) is 0 Å². The molecule has 0 heterocycles. The summed E-state index contributed by atoms with van der Waals surface area (Å²) in [4.78, 5) is 20.5. The molecule has 5 heteroatoms. The number of alkyl halides is 1. The molecule has 0 N–H and O–H groups in total. The van der Waals surface area contributed by atoms with Gasteiger partial charge in [0, 0.05) is 19.9 Å². The molecule has 0 aromatic heterocycles. The minimum Gasteiger partial charge on any atom is -0.300 e. The van der Waals surface area contributed by atoms with Crippen LogP contribution in [0.3, 0.4) is 0 Å². The molecule has 4 nitrogen and oxygen atoms in total. The van der Waals surface area contributed by atoms with Crippen LogP contribution in [-0.4, -0.2) is 10.7 Å². The molecular weight excluding hydrogens is 201 g/mol. The summed E-state index contributed by atoms with van der Waals surface area (Å²) >= 11 is 0. The van der Waals surface area contributed by atoms with Gasteiger partial charge in [0.1, 0.15) is 12.0 Å². The minimum atomic E-state index is -1.75. The zero-order chi connectivity index (χ0) is 12.3. The third-order valence-electron chi connectivity index (χ3n) is 1.80. The number of carbonyl (C=O) groups is 1. The van der Waals surface area contributed by atoms with Crippen molar-refractivity contribution in [1.29, 1.82) is 0 Å². The van der Waals surface area contributed by atoms with Crippen LogP contribution in [0.25, 0.3) is 0 Å². The smallest absolute Gasteiger partial charge is 0.269 e. The molecule has 0 unspecified atom stereocenters. The first kappa shape index (κ1) is 9.76. The van der Waals surface area contributed by atoms with Crippen molar-refractivity contribution in [1.82, 2.24) is 0 Å². The lowest BCUT2D eigenvalue weighted by Crippen LogP contribution is -1.99. The molecule has 0 radical (unpaired) electrons. The van der Waals surface area contributed by atoms with E-state index in [0.29, 0.717) is 0 Å². The Morgan fingerprint density at radius 1 is 1.60 bits per heavy atom. The minimum absolute atomic E-state index is 0.0980. The molecule has 0 fully saturated rings. The van der Waals surface area contributed by atoms with Crippen LogP contribution >= 0.6 is 0 Å². The fourth-order valence-corrected chi connectivity index (χ4v) is 1.08. The van der Waals surface area contributed by atoms with Crippen LogP contribution < -0.4 is 0 Å². The number of nitro groups is 1.